The van der Waals surface area contributed by atoms with E-state index >= 15 is 8.78 Å². The van der Waals surface area contributed by atoms with Crippen LogP contribution in [0.4, 0.5) is 43.7 Å². The summed E-state index contributed by atoms with van der Waals surface area (Å²) in [6, 6.07) is -1.61. The van der Waals surface area contributed by atoms with Crippen LogP contribution in [0.15, 0.2) is 49.6 Å². The van der Waals surface area contributed by atoms with Crippen molar-refractivity contribution >= 4 is 58.0 Å². The molecule has 0 aromatic carbocycles. The first-order valence-electron chi connectivity index (χ1n) is 20.4. The molecule has 1 aliphatic carbocycles. The molecule has 0 radical (unpaired) electrons. The van der Waals surface area contributed by atoms with Crippen LogP contribution in [0.2, 0.25) is 0 Å². The molecule has 24 heteroatoms. The predicted molar refractivity (Wildman–Crippen MR) is 225 cm³/mol. The van der Waals surface area contributed by atoms with E-state index in [0.717, 1.165) is 24.6 Å². The molecule has 0 bridgehead atoms. The van der Waals surface area contributed by atoms with E-state index < -0.39 is 36.2 Å². The summed E-state index contributed by atoms with van der Waals surface area (Å²) in [7, 11) is 6.55. The molecular formula is C39H46F2N18O4. The molecule has 9 rings (SSSR count). The van der Waals surface area contributed by atoms with Gasteiger partial charge in [0.05, 0.1) is 75.6 Å². The molecule has 2 saturated heterocycles. The van der Waals surface area contributed by atoms with Gasteiger partial charge >= 0.3 is 0 Å². The molecule has 6 aromatic rings. The Kier molecular flexibility index (Phi) is 10.9. The van der Waals surface area contributed by atoms with E-state index in [1.165, 1.54) is 20.3 Å². The summed E-state index contributed by atoms with van der Waals surface area (Å²) in [5, 5.41) is 30.0. The molecule has 63 heavy (non-hydrogen) atoms. The summed E-state index contributed by atoms with van der Waals surface area (Å²) in [4.78, 5) is 47.1. The van der Waals surface area contributed by atoms with Gasteiger partial charge in [-0.2, -0.15) is 9.97 Å². The number of methoxy groups -OCH3 is 2. The number of amides is 2. The number of allylic oxidation sites excluding steroid dienone is 1. The van der Waals surface area contributed by atoms with Gasteiger partial charge in [0.15, 0.2) is 22.9 Å². The van der Waals surface area contributed by atoms with Crippen molar-refractivity contribution in [1.29, 1.82) is 0 Å². The summed E-state index contributed by atoms with van der Waals surface area (Å²) in [6.07, 6.45) is 11.2. The van der Waals surface area contributed by atoms with Gasteiger partial charge in [0.25, 0.3) is 11.8 Å². The number of aromatic nitrogens is 12. The highest BCUT2D eigenvalue weighted by Gasteiger charge is 2.38. The Morgan fingerprint density at radius 3 is 1.87 bits per heavy atom. The molecule has 3 fully saturated rings. The number of anilines is 6. The second kappa shape index (κ2) is 16.8. The third-order valence-electron chi connectivity index (χ3n) is 11.0. The molecule has 2 amide bonds. The van der Waals surface area contributed by atoms with Crippen LogP contribution in [0.3, 0.4) is 0 Å². The summed E-state index contributed by atoms with van der Waals surface area (Å²) in [6.45, 7) is 3.63. The van der Waals surface area contributed by atoms with Gasteiger partial charge in [-0.25, -0.2) is 27.8 Å². The second-order valence-corrected chi connectivity index (χ2v) is 15.6. The number of carbonyl (C=O) groups is 2. The van der Waals surface area contributed by atoms with Crippen molar-refractivity contribution in [3.05, 3.63) is 61.0 Å². The third-order valence-corrected chi connectivity index (χ3v) is 11.0. The van der Waals surface area contributed by atoms with Crippen molar-refractivity contribution in [2.24, 2.45) is 14.1 Å². The number of halogens is 2. The minimum absolute atomic E-state index is 0.0284. The van der Waals surface area contributed by atoms with Crippen LogP contribution in [0, 0.1) is 0 Å². The number of nitrogens with zero attached hydrogens (tertiary/aromatic N) is 14. The number of aryl methyl sites for hydroxylation is 3. The zero-order valence-corrected chi connectivity index (χ0v) is 34.9. The molecule has 1 saturated carbocycles. The van der Waals surface area contributed by atoms with Crippen molar-refractivity contribution in [1.82, 2.24) is 69.4 Å². The van der Waals surface area contributed by atoms with E-state index in [1.807, 2.05) is 0 Å². The Balaban J connectivity index is 0.884. The average molecular weight is 869 g/mol. The number of imidazole rings is 2. The molecule has 4 N–H and O–H groups in total. The maximum atomic E-state index is 15.6. The third kappa shape index (κ3) is 8.34. The molecule has 8 heterocycles. The number of fused-ring (bicyclic) bond motifs is 2. The van der Waals surface area contributed by atoms with E-state index in [-0.39, 0.29) is 38.1 Å². The first-order chi connectivity index (χ1) is 30.5. The van der Waals surface area contributed by atoms with Gasteiger partial charge < -0.3 is 40.5 Å². The molecule has 2 aliphatic heterocycles. The fraction of sp³-hybridized carbons (Fsp3) is 0.436. The number of nitrogens with one attached hydrogen (secondary N) is 4. The minimum Gasteiger partial charge on any atom is -0.478 e. The minimum atomic E-state index is -1.39. The highest BCUT2D eigenvalue weighted by molar-refractivity contribution is 5.88. The van der Waals surface area contributed by atoms with Crippen LogP contribution < -0.4 is 40.5 Å². The molecule has 4 unspecified atom stereocenters. The van der Waals surface area contributed by atoms with Crippen LogP contribution in [0.25, 0.3) is 11.3 Å². The number of carbonyl (C=O) groups excluding carboxylic acids is 2. The van der Waals surface area contributed by atoms with Crippen molar-refractivity contribution in [2.75, 3.05) is 60.8 Å². The van der Waals surface area contributed by atoms with Gasteiger partial charge in [-0.1, -0.05) is 12.7 Å². The van der Waals surface area contributed by atoms with Crippen LogP contribution in [-0.4, -0.2) is 135 Å². The van der Waals surface area contributed by atoms with Gasteiger partial charge in [-0.3, -0.25) is 19.0 Å². The topological polar surface area (TPSA) is 229 Å². The lowest BCUT2D eigenvalue weighted by Crippen LogP contribution is -2.40. The van der Waals surface area contributed by atoms with E-state index in [0.29, 0.717) is 70.5 Å². The summed E-state index contributed by atoms with van der Waals surface area (Å²) >= 11 is 0. The Hall–Kier alpha value is -7.40. The van der Waals surface area contributed by atoms with Gasteiger partial charge in [-0.05, 0) is 37.8 Å². The Bertz CT molecular complexity index is 2720. The molecular weight excluding hydrogens is 823 g/mol. The van der Waals surface area contributed by atoms with Crippen LogP contribution >= 0.6 is 0 Å². The smallest absolute Gasteiger partial charge is 0.256 e. The highest BCUT2D eigenvalue weighted by Crippen LogP contribution is 2.41. The van der Waals surface area contributed by atoms with Crippen molar-refractivity contribution < 1.29 is 27.8 Å². The fourth-order valence-corrected chi connectivity index (χ4v) is 7.75. The zero-order valence-electron chi connectivity index (χ0n) is 34.9. The van der Waals surface area contributed by atoms with E-state index in [2.05, 4.69) is 48.0 Å². The van der Waals surface area contributed by atoms with E-state index in [9.17, 15) is 9.59 Å². The lowest BCUT2D eigenvalue weighted by molar-refractivity contribution is -0.118. The standard InChI is InChI=1S/C39H46F2N18O4/c1-6-30(60)44-25-19-56(15-23(25)40)38-48-32(46-27-17-54(2)50-36(27)62-4)34-42-13-22(58(34)52-38)9-7-8-10-31(61)45-26-20-57(16-24(26)41)39-49-33(47-28-18-55(3)51-37(28)63-5)35-43-14-29(21-11-12-21)59(35)53-39/h6,8,10,13-14,17-18,21,23-26H,1,7,9,11-12,15-16,19-20H2,2-5H3,(H,44,60)(H,45,61)(H,46,48,52)(H,47,49,53)/b10-8-. The maximum absolute atomic E-state index is 15.6. The quantitative estimate of drug-likeness (QED) is 0.102. The lowest BCUT2D eigenvalue weighted by Gasteiger charge is -2.18. The second-order valence-electron chi connectivity index (χ2n) is 15.6. The van der Waals surface area contributed by atoms with Crippen LogP contribution in [-0.2, 0) is 30.1 Å². The van der Waals surface area contributed by atoms with Crippen LogP contribution in [0.1, 0.15) is 36.6 Å². The zero-order chi connectivity index (χ0) is 43.9. The SMILES string of the molecule is C=CC(=O)NC1CN(c2nc(Nc3cn(C)nc3OC)c3ncc(CC/C=C\C(=O)NC4CN(c5nc(Nc6cn(C)nc6OC)c6ncc(C7CC7)n6n5)CC4F)n3n2)CC1F. The molecule has 4 atom stereocenters. The normalized spacial score (nSPS) is 20.0. The van der Waals surface area contributed by atoms with Crippen molar-refractivity contribution in [2.45, 2.75) is 56.0 Å². The molecule has 6 aromatic heterocycles. The first-order valence-corrected chi connectivity index (χ1v) is 20.4. The van der Waals surface area contributed by atoms with Crippen molar-refractivity contribution in [3.8, 4) is 11.8 Å². The number of alkyl halides is 2. The van der Waals surface area contributed by atoms with Gasteiger partial charge in [-0.15, -0.1) is 20.4 Å². The number of hydrogen-bond donors (Lipinski definition) is 4. The molecule has 330 valence electrons. The molecule has 3 aliphatic rings. The summed E-state index contributed by atoms with van der Waals surface area (Å²) in [5.74, 6) is 1.30. The number of ether oxygens (including phenoxy) is 2. The number of hydrogen-bond acceptors (Lipinski definition) is 16. The summed E-state index contributed by atoms with van der Waals surface area (Å²) < 4.78 is 48.1. The molecule has 0 spiro atoms. The number of rotatable bonds is 16. The lowest BCUT2D eigenvalue weighted by atomic mass is 10.2. The molecule has 22 nitrogen and oxygen atoms in total. The fourth-order valence-electron chi connectivity index (χ4n) is 7.75. The Labute approximate surface area is 358 Å². The largest absolute Gasteiger partial charge is 0.478 e. The monoisotopic (exact) mass is 868 g/mol. The van der Waals surface area contributed by atoms with Gasteiger partial charge in [0, 0.05) is 33.1 Å². The van der Waals surface area contributed by atoms with Gasteiger partial charge in [0.1, 0.15) is 23.7 Å². The van der Waals surface area contributed by atoms with Gasteiger partial charge in [0.2, 0.25) is 23.7 Å². The average Bonchev–Trinajstić information content (AvgIpc) is 3.74. The maximum Gasteiger partial charge on any atom is 0.256 e. The van der Waals surface area contributed by atoms with Crippen molar-refractivity contribution in [3.63, 3.8) is 0 Å². The van der Waals surface area contributed by atoms with Crippen LogP contribution in [0.5, 0.6) is 11.8 Å². The van der Waals surface area contributed by atoms with E-state index in [4.69, 9.17) is 29.6 Å². The first kappa shape index (κ1) is 41.0. The Morgan fingerprint density at radius 1 is 0.778 bits per heavy atom. The highest BCUT2D eigenvalue weighted by atomic mass is 19.1. The predicted octanol–water partition coefficient (Wildman–Crippen LogP) is 2.07. The Morgan fingerprint density at radius 2 is 1.32 bits per heavy atom. The summed E-state index contributed by atoms with van der Waals surface area (Å²) in [5.41, 5.74) is 3.63. The van der Waals surface area contributed by atoms with E-state index in [1.54, 1.807) is 73.2 Å².